The van der Waals surface area contributed by atoms with Crippen molar-refractivity contribution >= 4 is 27.5 Å². The number of aromatic nitrogens is 4. The Balaban J connectivity index is 1.98. The third-order valence-electron chi connectivity index (χ3n) is 3.15. The first-order chi connectivity index (χ1) is 11.3. The molecule has 0 radical (unpaired) electrons. The van der Waals surface area contributed by atoms with E-state index in [9.17, 15) is 23.7 Å². The number of nitrogens with zero attached hydrogens (tertiary/aromatic N) is 5. The van der Waals surface area contributed by atoms with E-state index >= 15 is 0 Å². The molecule has 0 saturated heterocycles. The van der Waals surface area contributed by atoms with Crippen LogP contribution in [0.1, 0.15) is 17.8 Å². The zero-order valence-electron chi connectivity index (χ0n) is 12.4. The molecule has 1 N–H and O–H groups in total. The van der Waals surface area contributed by atoms with E-state index in [2.05, 4.69) is 31.4 Å². The fraction of sp³-hybridized carbons (Fsp3) is 0.417. The Labute approximate surface area is 142 Å². The second kappa shape index (κ2) is 7.47. The standard InChI is InChI=1S/C12H13BrF2N6O3/c1-7-11(21(23)24)10(12(14)15)18-20(7)6-9(22)16-2-3-19-5-8(13)4-17-19/h4-5,12H,2-3,6H2,1H3,(H,16,22). The van der Waals surface area contributed by atoms with Crippen LogP contribution in [-0.2, 0) is 17.9 Å². The minimum atomic E-state index is -3.09. The maximum Gasteiger partial charge on any atom is 0.319 e. The zero-order valence-corrected chi connectivity index (χ0v) is 14.0. The summed E-state index contributed by atoms with van der Waals surface area (Å²) in [4.78, 5) is 21.8. The highest BCUT2D eigenvalue weighted by atomic mass is 79.9. The van der Waals surface area contributed by atoms with E-state index in [-0.39, 0.29) is 18.8 Å². The highest BCUT2D eigenvalue weighted by Crippen LogP contribution is 2.30. The molecule has 0 fully saturated rings. The summed E-state index contributed by atoms with van der Waals surface area (Å²) in [6.45, 7) is 1.56. The molecule has 24 heavy (non-hydrogen) atoms. The monoisotopic (exact) mass is 406 g/mol. The van der Waals surface area contributed by atoms with Crippen LogP contribution in [0.3, 0.4) is 0 Å². The van der Waals surface area contributed by atoms with Crippen LogP contribution in [0.25, 0.3) is 0 Å². The van der Waals surface area contributed by atoms with Crippen LogP contribution in [0.5, 0.6) is 0 Å². The van der Waals surface area contributed by atoms with Gasteiger partial charge in [-0.1, -0.05) is 0 Å². The molecule has 0 aliphatic carbocycles. The van der Waals surface area contributed by atoms with Gasteiger partial charge in [0.2, 0.25) is 11.6 Å². The molecule has 0 aliphatic heterocycles. The van der Waals surface area contributed by atoms with Gasteiger partial charge in [-0.15, -0.1) is 0 Å². The van der Waals surface area contributed by atoms with Crippen molar-refractivity contribution in [2.24, 2.45) is 0 Å². The van der Waals surface area contributed by atoms with Crippen molar-refractivity contribution in [3.8, 4) is 0 Å². The van der Waals surface area contributed by atoms with Crippen LogP contribution in [-0.4, -0.2) is 36.9 Å². The Hall–Kier alpha value is -2.37. The fourth-order valence-corrected chi connectivity index (χ4v) is 2.38. The molecule has 0 aliphatic rings. The van der Waals surface area contributed by atoms with Gasteiger partial charge >= 0.3 is 5.69 Å². The number of alkyl halides is 2. The molecule has 0 aromatic carbocycles. The van der Waals surface area contributed by atoms with E-state index in [1.165, 1.54) is 6.92 Å². The van der Waals surface area contributed by atoms with Gasteiger partial charge in [-0.3, -0.25) is 24.3 Å². The number of amides is 1. The third-order valence-corrected chi connectivity index (χ3v) is 3.56. The minimum Gasteiger partial charge on any atom is -0.353 e. The van der Waals surface area contributed by atoms with Crippen LogP contribution in [0.4, 0.5) is 14.5 Å². The molecule has 9 nitrogen and oxygen atoms in total. The van der Waals surface area contributed by atoms with Gasteiger partial charge in [0, 0.05) is 12.7 Å². The van der Waals surface area contributed by atoms with Gasteiger partial charge in [0.15, 0.2) is 0 Å². The largest absolute Gasteiger partial charge is 0.353 e. The average molecular weight is 407 g/mol. The Kier molecular flexibility index (Phi) is 5.59. The number of carbonyl (C=O) groups excluding carboxylic acids is 1. The number of nitro groups is 1. The lowest BCUT2D eigenvalue weighted by Gasteiger charge is -2.06. The lowest BCUT2D eigenvalue weighted by atomic mass is 10.3. The van der Waals surface area contributed by atoms with Crippen molar-refractivity contribution in [3.63, 3.8) is 0 Å². The van der Waals surface area contributed by atoms with E-state index in [4.69, 9.17) is 0 Å². The van der Waals surface area contributed by atoms with Gasteiger partial charge in [0.1, 0.15) is 12.2 Å². The summed E-state index contributed by atoms with van der Waals surface area (Å²) in [6.07, 6.45) is 0.230. The molecule has 0 spiro atoms. The molecule has 130 valence electrons. The third kappa shape index (κ3) is 4.13. The first-order valence-corrected chi connectivity index (χ1v) is 7.53. The van der Waals surface area contributed by atoms with E-state index in [1.54, 1.807) is 17.1 Å². The summed E-state index contributed by atoms with van der Waals surface area (Å²) in [5.41, 5.74) is -1.80. The Morgan fingerprint density at radius 1 is 1.54 bits per heavy atom. The predicted octanol–water partition coefficient (Wildman–Crippen LogP) is 1.81. The lowest BCUT2D eigenvalue weighted by molar-refractivity contribution is -0.386. The van der Waals surface area contributed by atoms with E-state index in [0.29, 0.717) is 6.54 Å². The summed E-state index contributed by atoms with van der Waals surface area (Å²) in [5.74, 6) is -0.498. The van der Waals surface area contributed by atoms with Gasteiger partial charge in [0.25, 0.3) is 6.43 Å². The van der Waals surface area contributed by atoms with Crippen molar-refractivity contribution in [2.75, 3.05) is 6.54 Å². The summed E-state index contributed by atoms with van der Waals surface area (Å²) in [7, 11) is 0. The van der Waals surface area contributed by atoms with Gasteiger partial charge in [-0.25, -0.2) is 8.78 Å². The fourth-order valence-electron chi connectivity index (χ4n) is 2.05. The molecule has 0 unspecified atom stereocenters. The van der Waals surface area contributed by atoms with Crippen LogP contribution >= 0.6 is 15.9 Å². The normalized spacial score (nSPS) is 11.0. The topological polar surface area (TPSA) is 108 Å². The average Bonchev–Trinajstić information content (AvgIpc) is 3.03. The Morgan fingerprint density at radius 2 is 2.25 bits per heavy atom. The molecule has 2 aromatic heterocycles. The van der Waals surface area contributed by atoms with Crippen LogP contribution in [0.2, 0.25) is 0 Å². The zero-order chi connectivity index (χ0) is 17.9. The first kappa shape index (κ1) is 18.0. The molecule has 12 heteroatoms. The van der Waals surface area contributed by atoms with Crippen molar-refractivity contribution < 1.29 is 18.5 Å². The summed E-state index contributed by atoms with van der Waals surface area (Å²) in [6, 6.07) is 0. The molecular weight excluding hydrogens is 394 g/mol. The molecule has 0 saturated carbocycles. The lowest BCUT2D eigenvalue weighted by Crippen LogP contribution is -2.31. The first-order valence-electron chi connectivity index (χ1n) is 6.74. The van der Waals surface area contributed by atoms with Gasteiger partial charge < -0.3 is 5.32 Å². The van der Waals surface area contributed by atoms with Crippen LogP contribution in [0.15, 0.2) is 16.9 Å². The smallest absolute Gasteiger partial charge is 0.319 e. The maximum absolute atomic E-state index is 12.8. The van der Waals surface area contributed by atoms with Crippen LogP contribution in [0, 0.1) is 17.0 Å². The molecule has 0 atom stereocenters. The number of hydrogen-bond donors (Lipinski definition) is 1. The Bertz CT molecular complexity index is 760. The van der Waals surface area contributed by atoms with E-state index < -0.39 is 28.6 Å². The molecule has 2 rings (SSSR count). The molecule has 0 bridgehead atoms. The second-order valence-electron chi connectivity index (χ2n) is 4.81. The SMILES string of the molecule is Cc1c([N+](=O)[O-])c(C(F)F)nn1CC(=O)NCCn1cc(Br)cn1. The highest BCUT2D eigenvalue weighted by Gasteiger charge is 2.31. The molecule has 1 amide bonds. The highest BCUT2D eigenvalue weighted by molar-refractivity contribution is 9.10. The summed E-state index contributed by atoms with van der Waals surface area (Å²) >= 11 is 3.24. The van der Waals surface area contributed by atoms with Crippen molar-refractivity contribution in [1.29, 1.82) is 0 Å². The van der Waals surface area contributed by atoms with Gasteiger partial charge in [-0.05, 0) is 22.9 Å². The number of rotatable bonds is 7. The van der Waals surface area contributed by atoms with E-state index in [0.717, 1.165) is 9.15 Å². The number of carbonyl (C=O) groups is 1. The van der Waals surface area contributed by atoms with Crippen molar-refractivity contribution in [3.05, 3.63) is 38.4 Å². The number of nitrogens with one attached hydrogen (secondary N) is 1. The number of hydrogen-bond acceptors (Lipinski definition) is 5. The van der Waals surface area contributed by atoms with Crippen molar-refractivity contribution in [1.82, 2.24) is 24.9 Å². The molecular formula is C12H13BrF2N6O3. The summed E-state index contributed by atoms with van der Waals surface area (Å²) in [5, 5.41) is 20.9. The second-order valence-corrected chi connectivity index (χ2v) is 5.72. The van der Waals surface area contributed by atoms with Crippen molar-refractivity contribution in [2.45, 2.75) is 26.4 Å². The van der Waals surface area contributed by atoms with Gasteiger partial charge in [0.05, 0.1) is 22.1 Å². The van der Waals surface area contributed by atoms with E-state index in [1.807, 2.05) is 0 Å². The minimum absolute atomic E-state index is 0.0959. The molecule has 2 aromatic rings. The number of halogens is 3. The predicted molar refractivity (Wildman–Crippen MR) is 81.5 cm³/mol. The molecule has 2 heterocycles. The summed E-state index contributed by atoms with van der Waals surface area (Å²) < 4.78 is 28.9. The van der Waals surface area contributed by atoms with Gasteiger partial charge in [-0.2, -0.15) is 10.2 Å². The maximum atomic E-state index is 12.8. The van der Waals surface area contributed by atoms with Crippen LogP contribution < -0.4 is 5.32 Å². The quantitative estimate of drug-likeness (QED) is 0.557. The Morgan fingerprint density at radius 3 is 2.75 bits per heavy atom.